The highest BCUT2D eigenvalue weighted by Gasteiger charge is 2.22. The van der Waals surface area contributed by atoms with Crippen LogP contribution in [0.1, 0.15) is 56.4 Å². The van der Waals surface area contributed by atoms with Gasteiger partial charge in [-0.2, -0.15) is 5.26 Å². The van der Waals surface area contributed by atoms with E-state index in [1.165, 1.54) is 5.56 Å². The van der Waals surface area contributed by atoms with Gasteiger partial charge in [0.25, 0.3) is 0 Å². The van der Waals surface area contributed by atoms with Gasteiger partial charge in [0.2, 0.25) is 0 Å². The van der Waals surface area contributed by atoms with E-state index in [0.29, 0.717) is 17.8 Å². The molecule has 2 N–H and O–H groups in total. The number of anilines is 1. The Bertz CT molecular complexity index is 588. The fraction of sp³-hybridized carbons (Fsp3) is 0.562. The Morgan fingerprint density at radius 1 is 1.48 bits per heavy atom. The molecule has 0 aliphatic heterocycles. The second-order valence-electron chi connectivity index (χ2n) is 6.21. The number of carboxylic acids is 1. The van der Waals surface area contributed by atoms with Crippen LogP contribution in [0.15, 0.2) is 6.07 Å². The van der Waals surface area contributed by atoms with E-state index in [1.54, 1.807) is 0 Å². The van der Waals surface area contributed by atoms with Crippen LogP contribution in [-0.2, 0) is 17.6 Å². The quantitative estimate of drug-likeness (QED) is 0.869. The van der Waals surface area contributed by atoms with Gasteiger partial charge in [-0.25, -0.2) is 4.98 Å². The number of nitriles is 1. The Morgan fingerprint density at radius 2 is 2.19 bits per heavy atom. The average Bonchev–Trinajstić information content (AvgIpc) is 2.44. The molecule has 0 spiro atoms. The van der Waals surface area contributed by atoms with E-state index in [4.69, 9.17) is 5.11 Å². The number of pyridine rings is 1. The number of hydrogen-bond acceptors (Lipinski definition) is 4. The number of nitrogens with one attached hydrogen (secondary N) is 1. The van der Waals surface area contributed by atoms with Crippen molar-refractivity contribution in [3.63, 3.8) is 0 Å². The molecule has 1 aliphatic carbocycles. The lowest BCUT2D eigenvalue weighted by atomic mass is 9.94. The molecule has 0 unspecified atom stereocenters. The summed E-state index contributed by atoms with van der Waals surface area (Å²) < 4.78 is 0. The van der Waals surface area contributed by atoms with Gasteiger partial charge in [0.05, 0.1) is 5.56 Å². The number of fused-ring (bicyclic) bond motifs is 1. The molecule has 5 heteroatoms. The summed E-state index contributed by atoms with van der Waals surface area (Å²) in [5.41, 5.74) is 2.36. The number of aromatic nitrogens is 1. The van der Waals surface area contributed by atoms with Crippen molar-refractivity contribution in [1.29, 1.82) is 5.26 Å². The molecule has 112 valence electrons. The van der Waals surface area contributed by atoms with Crippen molar-refractivity contribution in [2.24, 2.45) is 0 Å². The van der Waals surface area contributed by atoms with Gasteiger partial charge in [-0.3, -0.25) is 4.79 Å². The third-order valence-corrected chi connectivity index (χ3v) is 3.84. The van der Waals surface area contributed by atoms with Crippen LogP contribution in [0.3, 0.4) is 0 Å². The van der Waals surface area contributed by atoms with Gasteiger partial charge >= 0.3 is 5.97 Å². The SMILES string of the molecule is CC(C)(CCC(=O)O)Nc1nc2c(cc1C#N)CCCC2. The van der Waals surface area contributed by atoms with Crippen molar-refractivity contribution in [2.45, 2.75) is 57.9 Å². The van der Waals surface area contributed by atoms with Gasteiger partial charge in [-0.1, -0.05) is 0 Å². The zero-order chi connectivity index (χ0) is 15.5. The highest BCUT2D eigenvalue weighted by atomic mass is 16.4. The van der Waals surface area contributed by atoms with E-state index < -0.39 is 11.5 Å². The van der Waals surface area contributed by atoms with E-state index in [1.807, 2.05) is 19.9 Å². The van der Waals surface area contributed by atoms with Crippen molar-refractivity contribution >= 4 is 11.8 Å². The first-order chi connectivity index (χ1) is 9.91. The van der Waals surface area contributed by atoms with Crippen LogP contribution < -0.4 is 5.32 Å². The van der Waals surface area contributed by atoms with E-state index in [-0.39, 0.29) is 6.42 Å². The van der Waals surface area contributed by atoms with Gasteiger partial charge in [0.15, 0.2) is 0 Å². The molecule has 0 fully saturated rings. The number of nitrogens with zero attached hydrogens (tertiary/aromatic N) is 2. The third-order valence-electron chi connectivity index (χ3n) is 3.84. The molecule has 2 rings (SSSR count). The Morgan fingerprint density at radius 3 is 2.86 bits per heavy atom. The third kappa shape index (κ3) is 3.94. The monoisotopic (exact) mass is 287 g/mol. The molecule has 0 amide bonds. The summed E-state index contributed by atoms with van der Waals surface area (Å²) in [4.78, 5) is 15.3. The fourth-order valence-electron chi connectivity index (χ4n) is 2.62. The molecule has 1 aromatic rings. The van der Waals surface area contributed by atoms with Crippen LogP contribution in [0.5, 0.6) is 0 Å². The van der Waals surface area contributed by atoms with Crippen LogP contribution in [0.2, 0.25) is 0 Å². The maximum absolute atomic E-state index is 10.7. The van der Waals surface area contributed by atoms with E-state index in [9.17, 15) is 10.1 Å². The number of carbonyl (C=O) groups is 1. The molecule has 1 aromatic heterocycles. The molecular formula is C16H21N3O2. The second-order valence-corrected chi connectivity index (χ2v) is 6.21. The van der Waals surface area contributed by atoms with Crippen molar-refractivity contribution in [2.75, 3.05) is 5.32 Å². The summed E-state index contributed by atoms with van der Waals surface area (Å²) in [6, 6.07) is 4.12. The molecule has 0 radical (unpaired) electrons. The lowest BCUT2D eigenvalue weighted by molar-refractivity contribution is -0.137. The molecule has 0 saturated heterocycles. The lowest BCUT2D eigenvalue weighted by Gasteiger charge is -2.28. The largest absolute Gasteiger partial charge is 0.481 e. The van der Waals surface area contributed by atoms with Gasteiger partial charge in [-0.05, 0) is 57.6 Å². The van der Waals surface area contributed by atoms with Crippen LogP contribution >= 0.6 is 0 Å². The van der Waals surface area contributed by atoms with E-state index >= 15 is 0 Å². The zero-order valence-electron chi connectivity index (χ0n) is 12.6. The minimum absolute atomic E-state index is 0.0901. The molecule has 21 heavy (non-hydrogen) atoms. The molecule has 1 aliphatic rings. The molecular weight excluding hydrogens is 266 g/mol. The Balaban J connectivity index is 2.22. The molecule has 0 saturated carbocycles. The Hall–Kier alpha value is -2.09. The predicted octanol–water partition coefficient (Wildman–Crippen LogP) is 2.89. The molecule has 0 atom stereocenters. The van der Waals surface area contributed by atoms with Crippen molar-refractivity contribution < 1.29 is 9.90 Å². The summed E-state index contributed by atoms with van der Waals surface area (Å²) in [6.45, 7) is 3.86. The molecule has 0 bridgehead atoms. The Kier molecular flexibility index (Phi) is 4.46. The Labute approximate surface area is 125 Å². The number of hydrogen-bond donors (Lipinski definition) is 2. The summed E-state index contributed by atoms with van der Waals surface area (Å²) >= 11 is 0. The number of aryl methyl sites for hydroxylation is 2. The molecule has 5 nitrogen and oxygen atoms in total. The van der Waals surface area contributed by atoms with Gasteiger partial charge in [0, 0.05) is 17.7 Å². The highest BCUT2D eigenvalue weighted by molar-refractivity contribution is 5.67. The molecule has 1 heterocycles. The zero-order valence-corrected chi connectivity index (χ0v) is 12.6. The summed E-state index contributed by atoms with van der Waals surface area (Å²) in [5, 5.41) is 21.4. The summed E-state index contributed by atoms with van der Waals surface area (Å²) in [7, 11) is 0. The van der Waals surface area contributed by atoms with Crippen LogP contribution in [-0.4, -0.2) is 21.6 Å². The smallest absolute Gasteiger partial charge is 0.303 e. The second kappa shape index (κ2) is 6.13. The topological polar surface area (TPSA) is 86.0 Å². The first-order valence-corrected chi connectivity index (χ1v) is 7.34. The van der Waals surface area contributed by atoms with Crippen molar-refractivity contribution in [3.8, 4) is 6.07 Å². The standard InChI is InChI=1S/C16H21N3O2/c1-16(2,8-7-14(20)21)19-15-12(10-17)9-11-5-3-4-6-13(11)18-15/h9H,3-8H2,1-2H3,(H,18,19)(H,20,21). The number of aliphatic carboxylic acids is 1. The van der Waals surface area contributed by atoms with Crippen LogP contribution in [0.4, 0.5) is 5.82 Å². The van der Waals surface area contributed by atoms with Crippen molar-refractivity contribution in [3.05, 3.63) is 22.9 Å². The minimum atomic E-state index is -0.816. The highest BCUT2D eigenvalue weighted by Crippen LogP contribution is 2.27. The first-order valence-electron chi connectivity index (χ1n) is 7.34. The maximum atomic E-state index is 10.7. The van der Waals surface area contributed by atoms with E-state index in [2.05, 4.69) is 16.4 Å². The molecule has 0 aromatic carbocycles. The summed E-state index contributed by atoms with van der Waals surface area (Å²) in [6.07, 6.45) is 4.79. The maximum Gasteiger partial charge on any atom is 0.303 e. The normalized spacial score (nSPS) is 14.1. The minimum Gasteiger partial charge on any atom is -0.481 e. The predicted molar refractivity (Wildman–Crippen MR) is 80.2 cm³/mol. The first kappa shape index (κ1) is 15.3. The van der Waals surface area contributed by atoms with Crippen molar-refractivity contribution in [1.82, 2.24) is 4.98 Å². The number of rotatable bonds is 5. The van der Waals surface area contributed by atoms with Gasteiger partial charge in [-0.15, -0.1) is 0 Å². The van der Waals surface area contributed by atoms with Gasteiger partial charge in [0.1, 0.15) is 11.9 Å². The summed E-state index contributed by atoms with van der Waals surface area (Å²) in [5.74, 6) is -0.239. The average molecular weight is 287 g/mol. The van der Waals surface area contributed by atoms with E-state index in [0.717, 1.165) is 31.4 Å². The van der Waals surface area contributed by atoms with Gasteiger partial charge < -0.3 is 10.4 Å². The number of carboxylic acid groups (broad SMARTS) is 1. The fourth-order valence-corrected chi connectivity index (χ4v) is 2.62. The lowest BCUT2D eigenvalue weighted by Crippen LogP contribution is -2.32. The van der Waals surface area contributed by atoms with Crippen LogP contribution in [0, 0.1) is 11.3 Å². The van der Waals surface area contributed by atoms with Crippen LogP contribution in [0.25, 0.3) is 0 Å².